The normalized spacial score (nSPS) is 10.2. The maximum absolute atomic E-state index is 13.3. The van der Waals surface area contributed by atoms with Gasteiger partial charge >= 0.3 is 0 Å². The molecule has 0 aliphatic rings. The first kappa shape index (κ1) is 12.8. The Morgan fingerprint density at radius 2 is 2.11 bits per heavy atom. The lowest BCUT2D eigenvalue weighted by Crippen LogP contribution is -1.97. The van der Waals surface area contributed by atoms with E-state index in [4.69, 9.17) is 4.74 Å². The first-order chi connectivity index (χ1) is 8.69. The number of benzene rings is 1. The highest BCUT2D eigenvalue weighted by molar-refractivity contribution is 9.10. The molecule has 94 valence electrons. The number of anilines is 1. The van der Waals surface area contributed by atoms with Gasteiger partial charge in [0.05, 0.1) is 22.6 Å². The standard InChI is InChI=1S/C13H12BrFN2O/c1-2-17-9-5-11(8-16-7-9)18-10-3-4-12(14)13(15)6-10/h3-8,17H,2H2,1H3. The third kappa shape index (κ3) is 3.20. The number of nitrogens with one attached hydrogen (secondary N) is 1. The molecule has 0 fully saturated rings. The molecule has 1 heterocycles. The van der Waals surface area contributed by atoms with Gasteiger partial charge < -0.3 is 10.1 Å². The van der Waals surface area contributed by atoms with Crippen molar-refractivity contribution in [2.75, 3.05) is 11.9 Å². The number of ether oxygens (including phenoxy) is 1. The Labute approximate surface area is 113 Å². The average molecular weight is 311 g/mol. The summed E-state index contributed by atoms with van der Waals surface area (Å²) in [5, 5.41) is 3.13. The molecule has 1 aromatic carbocycles. The van der Waals surface area contributed by atoms with Crippen LogP contribution in [0.3, 0.4) is 0 Å². The Morgan fingerprint density at radius 1 is 1.28 bits per heavy atom. The van der Waals surface area contributed by atoms with Crippen LogP contribution in [0.25, 0.3) is 0 Å². The summed E-state index contributed by atoms with van der Waals surface area (Å²) in [6.07, 6.45) is 3.29. The summed E-state index contributed by atoms with van der Waals surface area (Å²) >= 11 is 3.09. The topological polar surface area (TPSA) is 34.2 Å². The summed E-state index contributed by atoms with van der Waals surface area (Å²) in [5.74, 6) is 0.643. The predicted octanol–water partition coefficient (Wildman–Crippen LogP) is 4.21. The zero-order chi connectivity index (χ0) is 13.0. The molecule has 0 saturated carbocycles. The molecule has 0 saturated heterocycles. The van der Waals surface area contributed by atoms with Crippen molar-refractivity contribution in [3.63, 3.8) is 0 Å². The van der Waals surface area contributed by atoms with Crippen molar-refractivity contribution in [2.24, 2.45) is 0 Å². The quantitative estimate of drug-likeness (QED) is 0.918. The van der Waals surface area contributed by atoms with E-state index < -0.39 is 0 Å². The van der Waals surface area contributed by atoms with Crippen molar-refractivity contribution in [1.29, 1.82) is 0 Å². The number of halogens is 2. The lowest BCUT2D eigenvalue weighted by molar-refractivity contribution is 0.474. The van der Waals surface area contributed by atoms with Crippen LogP contribution in [0, 0.1) is 5.82 Å². The van der Waals surface area contributed by atoms with Crippen LogP contribution in [-0.4, -0.2) is 11.5 Å². The van der Waals surface area contributed by atoms with Crippen LogP contribution in [0.5, 0.6) is 11.5 Å². The molecular formula is C13H12BrFN2O. The minimum absolute atomic E-state index is 0.358. The highest BCUT2D eigenvalue weighted by Crippen LogP contribution is 2.26. The highest BCUT2D eigenvalue weighted by Gasteiger charge is 2.03. The van der Waals surface area contributed by atoms with Crippen LogP contribution in [0.1, 0.15) is 6.92 Å². The number of aromatic nitrogens is 1. The number of nitrogens with zero attached hydrogens (tertiary/aromatic N) is 1. The fourth-order valence-corrected chi connectivity index (χ4v) is 1.70. The van der Waals surface area contributed by atoms with Gasteiger partial charge in [-0.05, 0) is 35.0 Å². The molecule has 0 spiro atoms. The molecule has 0 aliphatic carbocycles. The summed E-state index contributed by atoms with van der Waals surface area (Å²) in [6, 6.07) is 6.43. The van der Waals surface area contributed by atoms with Gasteiger partial charge in [-0.1, -0.05) is 0 Å². The Morgan fingerprint density at radius 3 is 2.83 bits per heavy atom. The molecule has 0 radical (unpaired) electrons. The van der Waals surface area contributed by atoms with E-state index in [0.717, 1.165) is 12.2 Å². The molecule has 1 aromatic heterocycles. The lowest BCUT2D eigenvalue weighted by Gasteiger charge is -2.08. The monoisotopic (exact) mass is 310 g/mol. The zero-order valence-corrected chi connectivity index (χ0v) is 11.4. The minimum atomic E-state index is -0.358. The molecule has 3 nitrogen and oxygen atoms in total. The second-order valence-corrected chi connectivity index (χ2v) is 4.47. The minimum Gasteiger partial charge on any atom is -0.456 e. The van der Waals surface area contributed by atoms with Gasteiger partial charge in [0.1, 0.15) is 17.3 Å². The number of hydrogen-bond donors (Lipinski definition) is 1. The lowest BCUT2D eigenvalue weighted by atomic mass is 10.3. The molecule has 2 rings (SSSR count). The van der Waals surface area contributed by atoms with Crippen molar-refractivity contribution in [3.8, 4) is 11.5 Å². The van der Waals surface area contributed by atoms with Crippen LogP contribution in [0.4, 0.5) is 10.1 Å². The number of hydrogen-bond acceptors (Lipinski definition) is 3. The van der Waals surface area contributed by atoms with E-state index >= 15 is 0 Å². The van der Waals surface area contributed by atoms with Gasteiger partial charge in [-0.2, -0.15) is 0 Å². The Balaban J connectivity index is 2.17. The largest absolute Gasteiger partial charge is 0.456 e. The molecule has 18 heavy (non-hydrogen) atoms. The maximum atomic E-state index is 13.3. The van der Waals surface area contributed by atoms with Gasteiger partial charge in [-0.25, -0.2) is 4.39 Å². The van der Waals surface area contributed by atoms with E-state index in [9.17, 15) is 4.39 Å². The first-order valence-corrected chi connectivity index (χ1v) is 6.30. The number of pyridine rings is 1. The fourth-order valence-electron chi connectivity index (χ4n) is 1.45. The van der Waals surface area contributed by atoms with Crippen LogP contribution in [0.2, 0.25) is 0 Å². The highest BCUT2D eigenvalue weighted by atomic mass is 79.9. The summed E-state index contributed by atoms with van der Waals surface area (Å²) < 4.78 is 19.3. The van der Waals surface area contributed by atoms with Crippen LogP contribution in [-0.2, 0) is 0 Å². The fraction of sp³-hybridized carbons (Fsp3) is 0.154. The molecule has 1 N–H and O–H groups in total. The molecule has 2 aromatic rings. The molecular weight excluding hydrogens is 299 g/mol. The van der Waals surface area contributed by atoms with E-state index in [1.54, 1.807) is 24.5 Å². The Kier molecular flexibility index (Phi) is 4.15. The van der Waals surface area contributed by atoms with Crippen molar-refractivity contribution < 1.29 is 9.13 Å². The van der Waals surface area contributed by atoms with E-state index in [2.05, 4.69) is 26.2 Å². The smallest absolute Gasteiger partial charge is 0.147 e. The Hall–Kier alpha value is -1.62. The second kappa shape index (κ2) is 5.82. The molecule has 0 amide bonds. The Bertz CT molecular complexity index is 548. The molecule has 5 heteroatoms. The summed E-state index contributed by atoms with van der Waals surface area (Å²) in [6.45, 7) is 2.80. The van der Waals surface area contributed by atoms with E-state index in [0.29, 0.717) is 16.0 Å². The van der Waals surface area contributed by atoms with Crippen molar-refractivity contribution in [1.82, 2.24) is 4.98 Å². The van der Waals surface area contributed by atoms with Crippen LogP contribution >= 0.6 is 15.9 Å². The SMILES string of the molecule is CCNc1cncc(Oc2ccc(Br)c(F)c2)c1. The van der Waals surface area contributed by atoms with Gasteiger partial charge in [0.15, 0.2) is 0 Å². The van der Waals surface area contributed by atoms with Gasteiger partial charge in [-0.3, -0.25) is 4.98 Å². The van der Waals surface area contributed by atoms with Crippen molar-refractivity contribution in [2.45, 2.75) is 6.92 Å². The summed E-state index contributed by atoms with van der Waals surface area (Å²) in [7, 11) is 0. The number of rotatable bonds is 4. The molecule has 0 aliphatic heterocycles. The predicted molar refractivity (Wildman–Crippen MR) is 72.6 cm³/mol. The zero-order valence-electron chi connectivity index (χ0n) is 9.78. The van der Waals surface area contributed by atoms with E-state index in [1.807, 2.05) is 13.0 Å². The van der Waals surface area contributed by atoms with Gasteiger partial charge in [-0.15, -0.1) is 0 Å². The van der Waals surface area contributed by atoms with Crippen molar-refractivity contribution >= 4 is 21.6 Å². The van der Waals surface area contributed by atoms with E-state index in [-0.39, 0.29) is 5.82 Å². The third-order valence-corrected chi connectivity index (χ3v) is 2.86. The van der Waals surface area contributed by atoms with E-state index in [1.165, 1.54) is 6.07 Å². The molecule has 0 unspecified atom stereocenters. The molecule has 0 bridgehead atoms. The van der Waals surface area contributed by atoms with Crippen LogP contribution < -0.4 is 10.1 Å². The van der Waals surface area contributed by atoms with Crippen molar-refractivity contribution in [3.05, 3.63) is 46.9 Å². The van der Waals surface area contributed by atoms with Gasteiger partial charge in [0.2, 0.25) is 0 Å². The summed E-state index contributed by atoms with van der Waals surface area (Å²) in [4.78, 5) is 4.05. The second-order valence-electron chi connectivity index (χ2n) is 3.62. The summed E-state index contributed by atoms with van der Waals surface area (Å²) in [5.41, 5.74) is 0.868. The van der Waals surface area contributed by atoms with Crippen LogP contribution in [0.15, 0.2) is 41.1 Å². The maximum Gasteiger partial charge on any atom is 0.147 e. The third-order valence-electron chi connectivity index (χ3n) is 2.22. The van der Waals surface area contributed by atoms with Gasteiger partial charge in [0, 0.05) is 18.7 Å². The molecule has 0 atom stereocenters. The average Bonchev–Trinajstić information content (AvgIpc) is 2.35. The van der Waals surface area contributed by atoms with Gasteiger partial charge in [0.25, 0.3) is 0 Å². The first-order valence-electron chi connectivity index (χ1n) is 5.51.